The molecule has 0 bridgehead atoms. The maximum absolute atomic E-state index is 5.99. The fraction of sp³-hybridized carbons (Fsp3) is 0.0714. The zero-order chi connectivity index (χ0) is 11.8. The van der Waals surface area contributed by atoms with Crippen molar-refractivity contribution < 1.29 is 0 Å². The number of aryl methyl sites for hydroxylation is 1. The first-order chi connectivity index (χ1) is 8.27. The van der Waals surface area contributed by atoms with E-state index in [1.165, 1.54) is 0 Å². The van der Waals surface area contributed by atoms with E-state index in [4.69, 9.17) is 5.73 Å². The molecule has 0 unspecified atom stereocenters. The Morgan fingerprint density at radius 1 is 1.00 bits per heavy atom. The molecule has 2 aromatic carbocycles. The molecule has 84 valence electrons. The largest absolute Gasteiger partial charge is 0.398 e. The minimum Gasteiger partial charge on any atom is -0.398 e. The SMILES string of the molecule is Cn1c(-c2ccccc2N)nc2ccccc21. The van der Waals surface area contributed by atoms with E-state index >= 15 is 0 Å². The van der Waals surface area contributed by atoms with Gasteiger partial charge in [-0.05, 0) is 24.3 Å². The first kappa shape index (κ1) is 9.90. The maximum atomic E-state index is 5.99. The lowest BCUT2D eigenvalue weighted by atomic mass is 10.2. The molecule has 2 N–H and O–H groups in total. The monoisotopic (exact) mass is 223 g/mol. The Bertz CT molecular complexity index is 683. The van der Waals surface area contributed by atoms with Gasteiger partial charge in [-0.2, -0.15) is 0 Å². The molecule has 0 aliphatic carbocycles. The van der Waals surface area contributed by atoms with Gasteiger partial charge in [0.2, 0.25) is 0 Å². The second-order valence-corrected chi connectivity index (χ2v) is 4.07. The van der Waals surface area contributed by atoms with Crippen molar-refractivity contribution in [2.24, 2.45) is 7.05 Å². The zero-order valence-corrected chi connectivity index (χ0v) is 9.59. The summed E-state index contributed by atoms with van der Waals surface area (Å²) in [5.41, 5.74) is 9.83. The highest BCUT2D eigenvalue weighted by Gasteiger charge is 2.10. The molecule has 3 rings (SSSR count). The molecule has 3 nitrogen and oxygen atoms in total. The van der Waals surface area contributed by atoms with Gasteiger partial charge in [0.05, 0.1) is 11.0 Å². The maximum Gasteiger partial charge on any atom is 0.142 e. The van der Waals surface area contributed by atoms with Crippen LogP contribution in [0.2, 0.25) is 0 Å². The molecule has 0 atom stereocenters. The van der Waals surface area contributed by atoms with Gasteiger partial charge in [-0.1, -0.05) is 24.3 Å². The molecular weight excluding hydrogens is 210 g/mol. The average molecular weight is 223 g/mol. The Morgan fingerprint density at radius 3 is 2.47 bits per heavy atom. The van der Waals surface area contributed by atoms with E-state index in [1.54, 1.807) is 0 Å². The van der Waals surface area contributed by atoms with Crippen molar-refractivity contribution in [1.29, 1.82) is 0 Å². The van der Waals surface area contributed by atoms with Crippen LogP contribution in [0.1, 0.15) is 0 Å². The molecule has 17 heavy (non-hydrogen) atoms. The van der Waals surface area contributed by atoms with Crippen LogP contribution in [0.15, 0.2) is 48.5 Å². The molecule has 1 heterocycles. The number of aromatic nitrogens is 2. The van der Waals surface area contributed by atoms with Gasteiger partial charge >= 0.3 is 0 Å². The van der Waals surface area contributed by atoms with Crippen LogP contribution in [-0.4, -0.2) is 9.55 Å². The van der Waals surface area contributed by atoms with Crippen LogP contribution in [0.3, 0.4) is 0 Å². The van der Waals surface area contributed by atoms with Crippen LogP contribution in [0.25, 0.3) is 22.4 Å². The highest BCUT2D eigenvalue weighted by Crippen LogP contribution is 2.27. The lowest BCUT2D eigenvalue weighted by Gasteiger charge is -2.05. The van der Waals surface area contributed by atoms with Crippen LogP contribution in [0.5, 0.6) is 0 Å². The Morgan fingerprint density at radius 2 is 1.71 bits per heavy atom. The Hall–Kier alpha value is -2.29. The molecule has 1 aromatic heterocycles. The molecule has 0 aliphatic heterocycles. The Balaban J connectivity index is 2.32. The van der Waals surface area contributed by atoms with E-state index < -0.39 is 0 Å². The van der Waals surface area contributed by atoms with Crippen molar-refractivity contribution in [2.45, 2.75) is 0 Å². The predicted octanol–water partition coefficient (Wildman–Crippen LogP) is 2.82. The van der Waals surface area contributed by atoms with Crippen molar-refractivity contribution in [1.82, 2.24) is 9.55 Å². The van der Waals surface area contributed by atoms with Crippen molar-refractivity contribution in [3.05, 3.63) is 48.5 Å². The smallest absolute Gasteiger partial charge is 0.142 e. The molecule has 3 heteroatoms. The highest BCUT2D eigenvalue weighted by atomic mass is 15.1. The number of rotatable bonds is 1. The summed E-state index contributed by atoms with van der Waals surface area (Å²) in [6.07, 6.45) is 0. The number of benzene rings is 2. The lowest BCUT2D eigenvalue weighted by molar-refractivity contribution is 0.960. The summed E-state index contributed by atoms with van der Waals surface area (Å²) < 4.78 is 2.07. The molecule has 0 saturated heterocycles. The number of fused-ring (bicyclic) bond motifs is 1. The number of hydrogen-bond donors (Lipinski definition) is 1. The average Bonchev–Trinajstić information content (AvgIpc) is 2.68. The van der Waals surface area contributed by atoms with E-state index in [0.717, 1.165) is 28.1 Å². The van der Waals surface area contributed by atoms with Gasteiger partial charge in [0.25, 0.3) is 0 Å². The number of nitrogen functional groups attached to an aromatic ring is 1. The third-order valence-corrected chi connectivity index (χ3v) is 2.99. The fourth-order valence-corrected chi connectivity index (χ4v) is 2.09. The van der Waals surface area contributed by atoms with Gasteiger partial charge in [-0.15, -0.1) is 0 Å². The van der Waals surface area contributed by atoms with E-state index in [0.29, 0.717) is 0 Å². The molecule has 0 saturated carbocycles. The molecular formula is C14H13N3. The summed E-state index contributed by atoms with van der Waals surface area (Å²) in [5.74, 6) is 0.907. The summed E-state index contributed by atoms with van der Waals surface area (Å²) in [6, 6.07) is 15.9. The first-order valence-electron chi connectivity index (χ1n) is 5.54. The normalized spacial score (nSPS) is 10.9. The molecule has 3 aromatic rings. The Labute approximate surface area is 99.5 Å². The van der Waals surface area contributed by atoms with Gasteiger partial charge in [0.15, 0.2) is 0 Å². The summed E-state index contributed by atoms with van der Waals surface area (Å²) in [4.78, 5) is 4.63. The van der Waals surface area contributed by atoms with Crippen LogP contribution < -0.4 is 5.73 Å². The number of hydrogen-bond acceptors (Lipinski definition) is 2. The summed E-state index contributed by atoms with van der Waals surface area (Å²) in [7, 11) is 2.01. The lowest BCUT2D eigenvalue weighted by Crippen LogP contribution is -1.96. The predicted molar refractivity (Wildman–Crippen MR) is 70.6 cm³/mol. The number of para-hydroxylation sites is 3. The van der Waals surface area contributed by atoms with Crippen LogP contribution >= 0.6 is 0 Å². The minimum absolute atomic E-state index is 0.755. The van der Waals surface area contributed by atoms with Crippen LogP contribution in [0.4, 0.5) is 5.69 Å². The van der Waals surface area contributed by atoms with E-state index in [1.807, 2.05) is 49.5 Å². The van der Waals surface area contributed by atoms with Crippen molar-refractivity contribution in [3.8, 4) is 11.4 Å². The van der Waals surface area contributed by atoms with Gasteiger partial charge < -0.3 is 10.3 Å². The van der Waals surface area contributed by atoms with E-state index in [2.05, 4.69) is 15.6 Å². The fourth-order valence-electron chi connectivity index (χ4n) is 2.09. The topological polar surface area (TPSA) is 43.8 Å². The standard InChI is InChI=1S/C14H13N3/c1-17-13-9-5-4-8-12(13)16-14(17)10-6-2-3-7-11(10)15/h2-9H,15H2,1H3. The molecule has 0 spiro atoms. The third kappa shape index (κ3) is 1.47. The second kappa shape index (κ2) is 3.63. The minimum atomic E-state index is 0.755. The molecule has 0 amide bonds. The summed E-state index contributed by atoms with van der Waals surface area (Å²) in [5, 5.41) is 0. The van der Waals surface area contributed by atoms with E-state index in [9.17, 15) is 0 Å². The second-order valence-electron chi connectivity index (χ2n) is 4.07. The van der Waals surface area contributed by atoms with Gasteiger partial charge in [-0.3, -0.25) is 0 Å². The van der Waals surface area contributed by atoms with Gasteiger partial charge in [-0.25, -0.2) is 4.98 Å². The quantitative estimate of drug-likeness (QED) is 0.645. The van der Waals surface area contributed by atoms with Crippen LogP contribution in [0, 0.1) is 0 Å². The summed E-state index contributed by atoms with van der Waals surface area (Å²) in [6.45, 7) is 0. The van der Waals surface area contributed by atoms with Crippen molar-refractivity contribution in [2.75, 3.05) is 5.73 Å². The van der Waals surface area contributed by atoms with Gasteiger partial charge in [0.1, 0.15) is 5.82 Å². The van der Waals surface area contributed by atoms with Crippen molar-refractivity contribution >= 4 is 16.7 Å². The van der Waals surface area contributed by atoms with Gasteiger partial charge in [0, 0.05) is 18.3 Å². The molecule has 0 fully saturated rings. The number of imidazole rings is 1. The summed E-state index contributed by atoms with van der Waals surface area (Å²) >= 11 is 0. The Kier molecular flexibility index (Phi) is 2.11. The third-order valence-electron chi connectivity index (χ3n) is 2.99. The molecule has 0 radical (unpaired) electrons. The zero-order valence-electron chi connectivity index (χ0n) is 9.59. The number of anilines is 1. The van der Waals surface area contributed by atoms with E-state index in [-0.39, 0.29) is 0 Å². The van der Waals surface area contributed by atoms with Crippen molar-refractivity contribution in [3.63, 3.8) is 0 Å². The highest BCUT2D eigenvalue weighted by molar-refractivity contribution is 5.83. The number of nitrogens with two attached hydrogens (primary N) is 1. The first-order valence-corrected chi connectivity index (χ1v) is 5.54. The molecule has 0 aliphatic rings. The number of nitrogens with zero attached hydrogens (tertiary/aromatic N) is 2. The van der Waals surface area contributed by atoms with Crippen LogP contribution in [-0.2, 0) is 7.05 Å².